The molecular formula is C11H12N2O4. The number of carbonyl (C=O) groups excluding carboxylic acids is 1. The van der Waals surface area contributed by atoms with E-state index in [1.54, 1.807) is 24.3 Å². The summed E-state index contributed by atoms with van der Waals surface area (Å²) in [6.07, 6.45) is 0. The summed E-state index contributed by atoms with van der Waals surface area (Å²) in [4.78, 5) is 21.8. The standard InChI is InChI=1S/C11H12N2O4/c1-7(14)10(13-16)11(15)12-8-3-5-9(17-2)6-4-8/h3-6,14H,1-2H3,(H,12,15)/b10-7-. The Bertz CT molecular complexity index is 447. The lowest BCUT2D eigenvalue weighted by Crippen LogP contribution is -2.14. The van der Waals surface area contributed by atoms with Gasteiger partial charge in [0.2, 0.25) is 5.70 Å². The summed E-state index contributed by atoms with van der Waals surface area (Å²) in [5.41, 5.74) is -0.0704. The van der Waals surface area contributed by atoms with Gasteiger partial charge in [-0.2, -0.15) is 0 Å². The van der Waals surface area contributed by atoms with E-state index in [1.165, 1.54) is 14.0 Å². The van der Waals surface area contributed by atoms with Crippen LogP contribution in [0.1, 0.15) is 6.92 Å². The largest absolute Gasteiger partial charge is 0.510 e. The van der Waals surface area contributed by atoms with Gasteiger partial charge in [0.05, 0.1) is 7.11 Å². The summed E-state index contributed by atoms with van der Waals surface area (Å²) in [5.74, 6) is -0.540. The number of allylic oxidation sites excluding steroid dienone is 1. The van der Waals surface area contributed by atoms with E-state index in [4.69, 9.17) is 9.84 Å². The predicted molar refractivity (Wildman–Crippen MR) is 62.7 cm³/mol. The molecule has 0 aromatic heterocycles. The second-order valence-electron chi connectivity index (χ2n) is 3.21. The minimum atomic E-state index is -0.759. The van der Waals surface area contributed by atoms with Crippen molar-refractivity contribution in [1.82, 2.24) is 0 Å². The fraction of sp³-hybridized carbons (Fsp3) is 0.182. The van der Waals surface area contributed by atoms with Crippen LogP contribution in [0.5, 0.6) is 5.75 Å². The van der Waals surface area contributed by atoms with Crippen molar-refractivity contribution >= 4 is 11.6 Å². The van der Waals surface area contributed by atoms with E-state index in [0.29, 0.717) is 11.4 Å². The van der Waals surface area contributed by atoms with Crippen molar-refractivity contribution < 1.29 is 14.6 Å². The van der Waals surface area contributed by atoms with Crippen LogP contribution >= 0.6 is 0 Å². The smallest absolute Gasteiger partial charge is 0.281 e. The maximum absolute atomic E-state index is 11.5. The second-order valence-corrected chi connectivity index (χ2v) is 3.21. The van der Waals surface area contributed by atoms with Crippen molar-refractivity contribution in [1.29, 1.82) is 0 Å². The lowest BCUT2D eigenvalue weighted by atomic mass is 10.3. The Hall–Kier alpha value is -2.37. The number of nitroso groups, excluding NO2 is 1. The summed E-state index contributed by atoms with van der Waals surface area (Å²) in [6.45, 7) is 1.21. The van der Waals surface area contributed by atoms with Crippen LogP contribution in [0, 0.1) is 4.91 Å². The number of carbonyl (C=O) groups is 1. The molecule has 6 heteroatoms. The fourth-order valence-corrected chi connectivity index (χ4v) is 1.14. The Morgan fingerprint density at radius 2 is 1.94 bits per heavy atom. The maximum atomic E-state index is 11.5. The highest BCUT2D eigenvalue weighted by atomic mass is 16.5. The molecule has 1 aromatic rings. The van der Waals surface area contributed by atoms with Crippen molar-refractivity contribution in [3.63, 3.8) is 0 Å². The molecule has 90 valence electrons. The SMILES string of the molecule is COc1ccc(NC(=O)/C(N=O)=C(\C)O)cc1. The van der Waals surface area contributed by atoms with Crippen LogP contribution in [0.4, 0.5) is 5.69 Å². The molecule has 2 N–H and O–H groups in total. The number of benzene rings is 1. The third kappa shape index (κ3) is 3.30. The molecule has 0 radical (unpaired) electrons. The molecule has 17 heavy (non-hydrogen) atoms. The van der Waals surface area contributed by atoms with Gasteiger partial charge < -0.3 is 15.2 Å². The molecule has 1 aromatic carbocycles. The molecule has 0 aliphatic carbocycles. The normalized spacial score (nSPS) is 11.4. The van der Waals surface area contributed by atoms with Gasteiger partial charge in [0.15, 0.2) is 0 Å². The molecule has 0 bridgehead atoms. The van der Waals surface area contributed by atoms with Crippen molar-refractivity contribution in [3.8, 4) is 5.75 Å². The van der Waals surface area contributed by atoms with Crippen molar-refractivity contribution in [2.75, 3.05) is 12.4 Å². The minimum absolute atomic E-state index is 0.425. The van der Waals surface area contributed by atoms with Gasteiger partial charge in [0, 0.05) is 5.69 Å². The number of nitrogens with one attached hydrogen (secondary N) is 1. The van der Waals surface area contributed by atoms with E-state index in [-0.39, 0.29) is 0 Å². The molecular weight excluding hydrogens is 224 g/mol. The van der Waals surface area contributed by atoms with Crippen LogP contribution in [-0.2, 0) is 4.79 Å². The first-order valence-electron chi connectivity index (χ1n) is 4.77. The van der Waals surface area contributed by atoms with Crippen molar-refractivity contribution in [2.45, 2.75) is 6.92 Å². The first-order chi connectivity index (χ1) is 8.08. The van der Waals surface area contributed by atoms with E-state index in [9.17, 15) is 9.70 Å². The van der Waals surface area contributed by atoms with E-state index in [2.05, 4.69) is 10.5 Å². The highest BCUT2D eigenvalue weighted by Gasteiger charge is 2.13. The number of hydrogen-bond acceptors (Lipinski definition) is 5. The molecule has 6 nitrogen and oxygen atoms in total. The second kappa shape index (κ2) is 5.64. The number of aliphatic hydroxyl groups excluding tert-OH is 1. The van der Waals surface area contributed by atoms with Gasteiger partial charge in [-0.25, -0.2) is 0 Å². The quantitative estimate of drug-likeness (QED) is 0.476. The number of methoxy groups -OCH3 is 1. The number of amides is 1. The van der Waals surface area contributed by atoms with Gasteiger partial charge in [-0.15, -0.1) is 4.91 Å². The van der Waals surface area contributed by atoms with Crippen LogP contribution in [0.25, 0.3) is 0 Å². The Morgan fingerprint density at radius 1 is 1.35 bits per heavy atom. The predicted octanol–water partition coefficient (Wildman–Crippen LogP) is 2.19. The Kier molecular flexibility index (Phi) is 4.21. The summed E-state index contributed by atoms with van der Waals surface area (Å²) in [6, 6.07) is 6.51. The molecule has 0 aliphatic heterocycles. The van der Waals surface area contributed by atoms with Gasteiger partial charge in [0.25, 0.3) is 5.91 Å². The summed E-state index contributed by atoms with van der Waals surface area (Å²) in [7, 11) is 1.53. The number of ether oxygens (including phenoxy) is 1. The molecule has 0 aliphatic rings. The molecule has 0 heterocycles. The highest BCUT2D eigenvalue weighted by molar-refractivity contribution is 6.03. The van der Waals surface area contributed by atoms with Crippen LogP contribution < -0.4 is 10.1 Å². The van der Waals surface area contributed by atoms with Gasteiger partial charge in [-0.05, 0) is 36.4 Å². The Balaban J connectivity index is 2.81. The van der Waals surface area contributed by atoms with Crippen molar-refractivity contribution in [3.05, 3.63) is 40.6 Å². The number of anilines is 1. The first-order valence-corrected chi connectivity index (χ1v) is 4.77. The highest BCUT2D eigenvalue weighted by Crippen LogP contribution is 2.16. The van der Waals surface area contributed by atoms with Crippen LogP contribution in [0.3, 0.4) is 0 Å². The van der Waals surface area contributed by atoms with Gasteiger partial charge in [0.1, 0.15) is 11.5 Å². The molecule has 0 saturated heterocycles. The lowest BCUT2D eigenvalue weighted by molar-refractivity contribution is -0.113. The molecule has 1 rings (SSSR count). The Labute approximate surface area is 97.9 Å². The van der Waals surface area contributed by atoms with Gasteiger partial charge in [-0.1, -0.05) is 0 Å². The van der Waals surface area contributed by atoms with E-state index < -0.39 is 17.4 Å². The zero-order valence-electron chi connectivity index (χ0n) is 9.43. The average molecular weight is 236 g/mol. The third-order valence-corrected chi connectivity index (χ3v) is 2.00. The van der Waals surface area contributed by atoms with Gasteiger partial charge >= 0.3 is 0 Å². The summed E-state index contributed by atoms with van der Waals surface area (Å²) >= 11 is 0. The number of aliphatic hydroxyl groups is 1. The van der Waals surface area contributed by atoms with E-state index in [1.807, 2.05) is 0 Å². The fourth-order valence-electron chi connectivity index (χ4n) is 1.14. The number of rotatable bonds is 4. The molecule has 1 amide bonds. The molecule has 0 fully saturated rings. The van der Waals surface area contributed by atoms with Gasteiger partial charge in [-0.3, -0.25) is 4.79 Å². The minimum Gasteiger partial charge on any atom is -0.510 e. The van der Waals surface area contributed by atoms with E-state index in [0.717, 1.165) is 0 Å². The van der Waals surface area contributed by atoms with Crippen molar-refractivity contribution in [2.24, 2.45) is 5.18 Å². The molecule has 0 saturated carbocycles. The third-order valence-electron chi connectivity index (χ3n) is 2.00. The molecule has 0 spiro atoms. The first kappa shape index (κ1) is 12.7. The van der Waals surface area contributed by atoms with Crippen LogP contribution in [0.2, 0.25) is 0 Å². The Morgan fingerprint density at radius 3 is 2.35 bits per heavy atom. The topological polar surface area (TPSA) is 88.0 Å². The zero-order chi connectivity index (χ0) is 12.8. The zero-order valence-corrected chi connectivity index (χ0v) is 9.43. The molecule has 0 unspecified atom stereocenters. The van der Waals surface area contributed by atoms with Crippen LogP contribution in [-0.4, -0.2) is 18.1 Å². The average Bonchev–Trinajstić information content (AvgIpc) is 2.30. The molecule has 0 atom stereocenters. The monoisotopic (exact) mass is 236 g/mol. The number of nitrogens with zero attached hydrogens (tertiary/aromatic N) is 1. The van der Waals surface area contributed by atoms with E-state index >= 15 is 0 Å². The number of hydrogen-bond donors (Lipinski definition) is 2. The summed E-state index contributed by atoms with van der Waals surface area (Å²) in [5, 5.41) is 13.9. The lowest BCUT2D eigenvalue weighted by Gasteiger charge is -2.05. The van der Waals surface area contributed by atoms with Crippen LogP contribution in [0.15, 0.2) is 40.9 Å². The summed E-state index contributed by atoms with van der Waals surface area (Å²) < 4.78 is 4.95. The maximum Gasteiger partial charge on any atom is 0.281 e.